The molecule has 0 aromatic heterocycles. The lowest BCUT2D eigenvalue weighted by Gasteiger charge is -2.12. The van der Waals surface area contributed by atoms with E-state index in [1.807, 2.05) is 0 Å². The highest BCUT2D eigenvalue weighted by atomic mass is 16.5. The molecular formula is C11H21NO2. The average Bonchev–Trinajstić information content (AvgIpc) is 2.14. The highest BCUT2D eigenvalue weighted by molar-refractivity contribution is 5.86. The maximum atomic E-state index is 11.0. The van der Waals surface area contributed by atoms with Crippen LogP contribution in [0.2, 0.25) is 0 Å². The maximum Gasteiger partial charge on any atom is 0.333 e. The van der Waals surface area contributed by atoms with Crippen molar-refractivity contribution in [1.82, 2.24) is 5.32 Å². The zero-order valence-electron chi connectivity index (χ0n) is 9.43. The first-order valence-electron chi connectivity index (χ1n) is 5.14. The molecule has 0 aromatic carbocycles. The Morgan fingerprint density at radius 1 is 1.57 bits per heavy atom. The highest BCUT2D eigenvalue weighted by Crippen LogP contribution is 1.96. The number of carbonyl (C=O) groups is 1. The topological polar surface area (TPSA) is 38.3 Å². The SMILES string of the molecule is C=C(C)C(=O)OCCC(C)NCCC. The van der Waals surface area contributed by atoms with Gasteiger partial charge in [0, 0.05) is 11.6 Å². The fourth-order valence-electron chi connectivity index (χ4n) is 0.944. The Balaban J connectivity index is 3.44. The molecule has 0 rings (SSSR count). The van der Waals surface area contributed by atoms with Crippen molar-refractivity contribution < 1.29 is 9.53 Å². The van der Waals surface area contributed by atoms with Crippen LogP contribution in [0.5, 0.6) is 0 Å². The predicted octanol–water partition coefficient (Wildman–Crippen LogP) is 1.88. The van der Waals surface area contributed by atoms with Crippen LogP contribution in [0.4, 0.5) is 0 Å². The summed E-state index contributed by atoms with van der Waals surface area (Å²) in [5.41, 5.74) is 0.458. The van der Waals surface area contributed by atoms with Gasteiger partial charge in [-0.2, -0.15) is 0 Å². The lowest BCUT2D eigenvalue weighted by Crippen LogP contribution is -2.28. The van der Waals surface area contributed by atoms with Gasteiger partial charge < -0.3 is 10.1 Å². The summed E-state index contributed by atoms with van der Waals surface area (Å²) in [5.74, 6) is -0.298. The molecule has 0 amide bonds. The Morgan fingerprint density at radius 2 is 2.21 bits per heavy atom. The van der Waals surface area contributed by atoms with Crippen molar-refractivity contribution in [2.45, 2.75) is 39.7 Å². The number of hydrogen-bond acceptors (Lipinski definition) is 3. The van der Waals surface area contributed by atoms with Crippen molar-refractivity contribution in [1.29, 1.82) is 0 Å². The molecule has 0 fully saturated rings. The standard InChI is InChI=1S/C11H21NO2/c1-5-7-12-10(4)6-8-14-11(13)9(2)3/h10,12H,2,5-8H2,1,3-4H3. The fraction of sp³-hybridized carbons (Fsp3) is 0.727. The third-order valence-corrected chi connectivity index (χ3v) is 1.88. The molecule has 3 nitrogen and oxygen atoms in total. The number of ether oxygens (including phenoxy) is 1. The molecule has 1 N–H and O–H groups in total. The molecule has 0 saturated carbocycles. The first kappa shape index (κ1) is 13.2. The molecule has 0 aliphatic heterocycles. The number of rotatable bonds is 7. The smallest absolute Gasteiger partial charge is 0.333 e. The average molecular weight is 199 g/mol. The summed E-state index contributed by atoms with van der Waals surface area (Å²) in [7, 11) is 0. The molecule has 0 spiro atoms. The monoisotopic (exact) mass is 199 g/mol. The molecule has 0 aromatic rings. The zero-order valence-corrected chi connectivity index (χ0v) is 9.43. The van der Waals surface area contributed by atoms with Crippen molar-refractivity contribution in [2.24, 2.45) is 0 Å². The summed E-state index contributed by atoms with van der Waals surface area (Å²) in [6.45, 7) is 10.9. The molecule has 1 atom stereocenters. The van der Waals surface area contributed by atoms with Crippen LogP contribution in [-0.4, -0.2) is 25.2 Å². The Bertz CT molecular complexity index is 190. The molecule has 0 aliphatic rings. The summed E-state index contributed by atoms with van der Waals surface area (Å²) >= 11 is 0. The van der Waals surface area contributed by atoms with Crippen LogP contribution < -0.4 is 5.32 Å². The van der Waals surface area contributed by atoms with E-state index in [1.165, 1.54) is 0 Å². The van der Waals surface area contributed by atoms with Crippen molar-refractivity contribution in [3.63, 3.8) is 0 Å². The van der Waals surface area contributed by atoms with Crippen molar-refractivity contribution in [2.75, 3.05) is 13.2 Å². The summed E-state index contributed by atoms with van der Waals surface area (Å²) in [4.78, 5) is 11.0. The van der Waals surface area contributed by atoms with Gasteiger partial charge in [-0.05, 0) is 33.2 Å². The summed E-state index contributed by atoms with van der Waals surface area (Å²) in [6.07, 6.45) is 1.97. The lowest BCUT2D eigenvalue weighted by molar-refractivity contribution is -0.139. The van der Waals surface area contributed by atoms with E-state index in [0.717, 1.165) is 19.4 Å². The van der Waals surface area contributed by atoms with Crippen LogP contribution in [0.15, 0.2) is 12.2 Å². The highest BCUT2D eigenvalue weighted by Gasteiger charge is 2.04. The second-order valence-corrected chi connectivity index (χ2v) is 3.56. The maximum absolute atomic E-state index is 11.0. The second-order valence-electron chi connectivity index (χ2n) is 3.56. The van der Waals surface area contributed by atoms with Gasteiger partial charge in [-0.3, -0.25) is 0 Å². The summed E-state index contributed by atoms with van der Waals surface area (Å²) in [5, 5.41) is 3.32. The molecule has 3 heteroatoms. The van der Waals surface area contributed by atoms with Gasteiger partial charge in [0.05, 0.1) is 6.61 Å². The van der Waals surface area contributed by atoms with Crippen LogP contribution in [-0.2, 0) is 9.53 Å². The van der Waals surface area contributed by atoms with Crippen LogP contribution in [0.3, 0.4) is 0 Å². The molecule has 14 heavy (non-hydrogen) atoms. The van der Waals surface area contributed by atoms with Gasteiger partial charge in [-0.1, -0.05) is 13.5 Å². The van der Waals surface area contributed by atoms with Gasteiger partial charge in [0.15, 0.2) is 0 Å². The first-order chi connectivity index (χ1) is 6.57. The van der Waals surface area contributed by atoms with E-state index in [1.54, 1.807) is 6.92 Å². The van der Waals surface area contributed by atoms with E-state index in [2.05, 4.69) is 25.7 Å². The van der Waals surface area contributed by atoms with Crippen LogP contribution in [0, 0.1) is 0 Å². The Hall–Kier alpha value is -0.830. The van der Waals surface area contributed by atoms with E-state index in [4.69, 9.17) is 4.74 Å². The molecule has 82 valence electrons. The number of hydrogen-bond donors (Lipinski definition) is 1. The third-order valence-electron chi connectivity index (χ3n) is 1.88. The van der Waals surface area contributed by atoms with Gasteiger partial charge in [-0.15, -0.1) is 0 Å². The summed E-state index contributed by atoms with van der Waals surface area (Å²) in [6, 6.07) is 0.396. The van der Waals surface area contributed by atoms with Crippen LogP contribution in [0.1, 0.15) is 33.6 Å². The number of carbonyl (C=O) groups excluding carboxylic acids is 1. The molecule has 0 saturated heterocycles. The van der Waals surface area contributed by atoms with Gasteiger partial charge in [0.25, 0.3) is 0 Å². The van der Waals surface area contributed by atoms with Crippen LogP contribution >= 0.6 is 0 Å². The minimum atomic E-state index is -0.298. The van der Waals surface area contributed by atoms with Gasteiger partial charge in [0.2, 0.25) is 0 Å². The lowest BCUT2D eigenvalue weighted by atomic mass is 10.2. The quantitative estimate of drug-likeness (QED) is 0.502. The van der Waals surface area contributed by atoms with Gasteiger partial charge >= 0.3 is 5.97 Å². The van der Waals surface area contributed by atoms with E-state index < -0.39 is 0 Å². The second kappa shape index (κ2) is 7.56. The number of nitrogens with one attached hydrogen (secondary N) is 1. The van der Waals surface area contributed by atoms with Crippen LogP contribution in [0.25, 0.3) is 0 Å². The van der Waals surface area contributed by atoms with Crippen molar-refractivity contribution in [3.8, 4) is 0 Å². The van der Waals surface area contributed by atoms with Gasteiger partial charge in [0.1, 0.15) is 0 Å². The van der Waals surface area contributed by atoms with Gasteiger partial charge in [-0.25, -0.2) is 4.79 Å². The van der Waals surface area contributed by atoms with Crippen molar-refractivity contribution >= 4 is 5.97 Å². The molecule has 0 aliphatic carbocycles. The van der Waals surface area contributed by atoms with E-state index in [0.29, 0.717) is 18.2 Å². The molecule has 1 unspecified atom stereocenters. The molecule has 0 radical (unpaired) electrons. The zero-order chi connectivity index (χ0) is 11.0. The Labute approximate surface area is 86.5 Å². The molecular weight excluding hydrogens is 178 g/mol. The normalized spacial score (nSPS) is 12.2. The third kappa shape index (κ3) is 6.66. The Kier molecular flexibility index (Phi) is 7.11. The van der Waals surface area contributed by atoms with Crippen molar-refractivity contribution in [3.05, 3.63) is 12.2 Å². The Morgan fingerprint density at radius 3 is 2.71 bits per heavy atom. The largest absolute Gasteiger partial charge is 0.462 e. The van der Waals surface area contributed by atoms with E-state index in [-0.39, 0.29) is 5.97 Å². The van der Waals surface area contributed by atoms with E-state index in [9.17, 15) is 4.79 Å². The number of esters is 1. The minimum absolute atomic E-state index is 0.298. The molecule has 0 bridgehead atoms. The predicted molar refractivity (Wildman–Crippen MR) is 58.1 cm³/mol. The minimum Gasteiger partial charge on any atom is -0.462 e. The fourth-order valence-corrected chi connectivity index (χ4v) is 0.944. The summed E-state index contributed by atoms with van der Waals surface area (Å²) < 4.78 is 4.98. The van der Waals surface area contributed by atoms with E-state index >= 15 is 0 Å². The first-order valence-corrected chi connectivity index (χ1v) is 5.14. The molecule has 0 heterocycles.